The smallest absolute Gasteiger partial charge is 0.169 e. The van der Waals surface area contributed by atoms with Crippen molar-refractivity contribution in [2.24, 2.45) is 5.10 Å². The second kappa shape index (κ2) is 9.25. The van der Waals surface area contributed by atoms with Crippen molar-refractivity contribution in [3.05, 3.63) is 48.5 Å². The van der Waals surface area contributed by atoms with Crippen LogP contribution < -0.4 is 4.74 Å². The molecular weight excluding hydrogens is 312 g/mol. The van der Waals surface area contributed by atoms with E-state index < -0.39 is 0 Å². The van der Waals surface area contributed by atoms with Crippen molar-refractivity contribution < 1.29 is 4.74 Å². The summed E-state index contributed by atoms with van der Waals surface area (Å²) in [4.78, 5) is 4.21. The van der Waals surface area contributed by atoms with Crippen LogP contribution in [0.5, 0.6) is 5.75 Å². The number of aromatic nitrogens is 2. The molecule has 1 fully saturated rings. The maximum absolute atomic E-state index is 6.04. The summed E-state index contributed by atoms with van der Waals surface area (Å²) in [6, 6.07) is 8.16. The normalized spacial score (nSPS) is 15.9. The Balaban J connectivity index is 1.92. The summed E-state index contributed by atoms with van der Waals surface area (Å²) in [5.41, 5.74) is 1.01. The molecule has 0 unspecified atom stereocenters. The molecule has 3 rings (SSSR count). The summed E-state index contributed by atoms with van der Waals surface area (Å²) < 4.78 is 8.02. The van der Waals surface area contributed by atoms with Gasteiger partial charge >= 0.3 is 0 Å². The number of ether oxygens (including phenoxy) is 1. The van der Waals surface area contributed by atoms with E-state index in [0.717, 1.165) is 49.7 Å². The summed E-state index contributed by atoms with van der Waals surface area (Å²) in [6.07, 6.45) is 12.7. The van der Waals surface area contributed by atoms with E-state index in [1.54, 1.807) is 12.5 Å². The molecule has 5 nitrogen and oxygen atoms in total. The van der Waals surface area contributed by atoms with E-state index in [4.69, 9.17) is 9.84 Å². The first kappa shape index (κ1) is 17.5. The van der Waals surface area contributed by atoms with Crippen LogP contribution in [0.25, 0.3) is 0 Å². The zero-order chi connectivity index (χ0) is 17.3. The van der Waals surface area contributed by atoms with Gasteiger partial charge in [-0.3, -0.25) is 9.58 Å². The molecular formula is C20H28N4O. The molecule has 0 spiro atoms. The zero-order valence-electron chi connectivity index (χ0n) is 15.1. The first-order chi connectivity index (χ1) is 12.4. The largest absolute Gasteiger partial charge is 0.493 e. The maximum Gasteiger partial charge on any atom is 0.169 e. The Hall–Kier alpha value is -2.30. The number of hydrogen-bond acceptors (Lipinski definition) is 4. The fourth-order valence-electron chi connectivity index (χ4n) is 3.02. The van der Waals surface area contributed by atoms with Crippen LogP contribution in [0, 0.1) is 0 Å². The Morgan fingerprint density at radius 3 is 2.68 bits per heavy atom. The third kappa shape index (κ3) is 4.84. The highest BCUT2D eigenvalue weighted by atomic mass is 16.5. The quantitative estimate of drug-likeness (QED) is 0.451. The second-order valence-corrected chi connectivity index (χ2v) is 6.46. The number of hydrogen-bond donors (Lipinski definition) is 0. The SMILES string of the molecule is CCCCOc1ccccc1C(=NN1CCCCCC1)n1ccnc1. The summed E-state index contributed by atoms with van der Waals surface area (Å²) in [7, 11) is 0. The molecule has 0 saturated carbocycles. The number of para-hydroxylation sites is 1. The van der Waals surface area contributed by atoms with Gasteiger partial charge in [0, 0.05) is 25.5 Å². The Morgan fingerprint density at radius 1 is 1.16 bits per heavy atom. The number of imidazole rings is 1. The lowest BCUT2D eigenvalue weighted by Gasteiger charge is -2.20. The summed E-state index contributed by atoms with van der Waals surface area (Å²) in [6.45, 7) is 4.93. The molecule has 0 amide bonds. The van der Waals surface area contributed by atoms with Crippen LogP contribution in [-0.4, -0.2) is 40.1 Å². The van der Waals surface area contributed by atoms with Gasteiger partial charge in [0.15, 0.2) is 5.84 Å². The van der Waals surface area contributed by atoms with Crippen LogP contribution in [0.15, 0.2) is 48.1 Å². The van der Waals surface area contributed by atoms with Gasteiger partial charge in [0.1, 0.15) is 12.1 Å². The predicted molar refractivity (Wildman–Crippen MR) is 101 cm³/mol. The van der Waals surface area contributed by atoms with Gasteiger partial charge in [-0.25, -0.2) is 4.98 Å². The Labute approximate surface area is 150 Å². The van der Waals surface area contributed by atoms with Crippen molar-refractivity contribution in [1.29, 1.82) is 0 Å². The molecule has 0 bridgehead atoms. The monoisotopic (exact) mass is 340 g/mol. The van der Waals surface area contributed by atoms with Crippen LogP contribution in [0.1, 0.15) is 51.0 Å². The molecule has 0 radical (unpaired) electrons. The van der Waals surface area contributed by atoms with Crippen LogP contribution >= 0.6 is 0 Å². The molecule has 134 valence electrons. The van der Waals surface area contributed by atoms with E-state index in [-0.39, 0.29) is 0 Å². The number of benzene rings is 1. The van der Waals surface area contributed by atoms with Gasteiger partial charge in [-0.2, -0.15) is 5.10 Å². The van der Waals surface area contributed by atoms with Gasteiger partial charge in [-0.15, -0.1) is 0 Å². The fourth-order valence-corrected chi connectivity index (χ4v) is 3.02. The van der Waals surface area contributed by atoms with E-state index in [0.29, 0.717) is 0 Å². The lowest BCUT2D eigenvalue weighted by Crippen LogP contribution is -2.24. The first-order valence-corrected chi connectivity index (χ1v) is 9.42. The average molecular weight is 340 g/mol. The highest BCUT2D eigenvalue weighted by Gasteiger charge is 2.15. The van der Waals surface area contributed by atoms with Crippen LogP contribution in [0.2, 0.25) is 0 Å². The fraction of sp³-hybridized carbons (Fsp3) is 0.500. The topological polar surface area (TPSA) is 42.6 Å². The Morgan fingerprint density at radius 2 is 1.96 bits per heavy atom. The Kier molecular flexibility index (Phi) is 6.48. The lowest BCUT2D eigenvalue weighted by molar-refractivity contribution is 0.297. The van der Waals surface area contributed by atoms with E-state index in [9.17, 15) is 0 Å². The number of rotatable bonds is 6. The summed E-state index contributed by atoms with van der Waals surface area (Å²) in [5, 5.41) is 7.19. The molecule has 25 heavy (non-hydrogen) atoms. The summed E-state index contributed by atoms with van der Waals surface area (Å²) >= 11 is 0. The highest BCUT2D eigenvalue weighted by Crippen LogP contribution is 2.21. The average Bonchev–Trinajstić information content (AvgIpc) is 3.05. The lowest BCUT2D eigenvalue weighted by atomic mass is 10.2. The standard InChI is InChI=1S/C20H28N4O/c1-2-3-16-25-19-11-7-6-10-18(19)20(23-15-12-21-17-23)22-24-13-8-4-5-9-14-24/h6-7,10-12,15,17H,2-5,8-9,13-14,16H2,1H3. The minimum atomic E-state index is 0.731. The number of unbranched alkanes of at least 4 members (excludes halogenated alkanes) is 1. The van der Waals surface area contributed by atoms with Crippen molar-refractivity contribution in [3.63, 3.8) is 0 Å². The highest BCUT2D eigenvalue weighted by molar-refractivity contribution is 6.02. The van der Waals surface area contributed by atoms with Crippen molar-refractivity contribution >= 4 is 5.84 Å². The second-order valence-electron chi connectivity index (χ2n) is 6.46. The maximum atomic E-state index is 6.04. The molecule has 1 saturated heterocycles. The predicted octanol–water partition coefficient (Wildman–Crippen LogP) is 4.15. The molecule has 1 aromatic heterocycles. The molecule has 5 heteroatoms. The molecule has 1 aliphatic heterocycles. The van der Waals surface area contributed by atoms with Gasteiger partial charge in [0.05, 0.1) is 12.2 Å². The van der Waals surface area contributed by atoms with Gasteiger partial charge in [0.25, 0.3) is 0 Å². The third-order valence-corrected chi connectivity index (χ3v) is 4.45. The van der Waals surface area contributed by atoms with Crippen molar-refractivity contribution in [3.8, 4) is 5.75 Å². The Bertz CT molecular complexity index is 658. The minimum absolute atomic E-state index is 0.731. The van der Waals surface area contributed by atoms with E-state index in [1.807, 2.05) is 29.0 Å². The van der Waals surface area contributed by atoms with E-state index >= 15 is 0 Å². The van der Waals surface area contributed by atoms with E-state index in [2.05, 4.69) is 23.0 Å². The molecule has 1 aliphatic rings. The molecule has 2 aromatic rings. The zero-order valence-corrected chi connectivity index (χ0v) is 15.1. The molecule has 1 aromatic carbocycles. The van der Waals surface area contributed by atoms with Crippen molar-refractivity contribution in [2.75, 3.05) is 19.7 Å². The number of nitrogens with zero attached hydrogens (tertiary/aromatic N) is 4. The van der Waals surface area contributed by atoms with E-state index in [1.165, 1.54) is 25.7 Å². The van der Waals surface area contributed by atoms with Gasteiger partial charge in [-0.05, 0) is 31.4 Å². The molecule has 2 heterocycles. The van der Waals surface area contributed by atoms with Crippen LogP contribution in [0.3, 0.4) is 0 Å². The third-order valence-electron chi connectivity index (χ3n) is 4.45. The van der Waals surface area contributed by atoms with Crippen LogP contribution in [-0.2, 0) is 0 Å². The molecule has 0 aliphatic carbocycles. The van der Waals surface area contributed by atoms with Crippen LogP contribution in [0.4, 0.5) is 0 Å². The minimum Gasteiger partial charge on any atom is -0.493 e. The van der Waals surface area contributed by atoms with Gasteiger partial charge < -0.3 is 4.74 Å². The van der Waals surface area contributed by atoms with Crippen molar-refractivity contribution in [1.82, 2.24) is 14.6 Å². The van der Waals surface area contributed by atoms with Gasteiger partial charge in [0.2, 0.25) is 0 Å². The molecule has 0 N–H and O–H groups in total. The number of hydrazone groups is 1. The summed E-state index contributed by atoms with van der Waals surface area (Å²) in [5.74, 6) is 1.77. The first-order valence-electron chi connectivity index (χ1n) is 9.42. The van der Waals surface area contributed by atoms with Crippen molar-refractivity contribution in [2.45, 2.75) is 45.4 Å². The molecule has 0 atom stereocenters. The van der Waals surface area contributed by atoms with Gasteiger partial charge in [-0.1, -0.05) is 38.3 Å².